The van der Waals surface area contributed by atoms with Crippen molar-refractivity contribution < 1.29 is 9.31 Å². The Morgan fingerprint density at radius 2 is 0.952 bits per heavy atom. The summed E-state index contributed by atoms with van der Waals surface area (Å²) in [6, 6.07) is 47.6. The van der Waals surface area contributed by atoms with Gasteiger partial charge in [0.05, 0.1) is 11.2 Å². The molecule has 0 amide bonds. The lowest BCUT2D eigenvalue weighted by Gasteiger charge is -2.33. The molecule has 0 aliphatic carbocycles. The van der Waals surface area contributed by atoms with Crippen molar-refractivity contribution in [1.29, 1.82) is 0 Å². The second kappa shape index (κ2) is 9.02. The van der Waals surface area contributed by atoms with Crippen LogP contribution in [0.5, 0.6) is 0 Å². The van der Waals surface area contributed by atoms with Crippen molar-refractivity contribution in [3.8, 4) is 11.1 Å². The highest BCUT2D eigenvalue weighted by molar-refractivity contribution is 7.23. The van der Waals surface area contributed by atoms with Crippen LogP contribution < -0.4 is 26.2 Å². The minimum Gasteiger partial charge on any atom is -0.399 e. The van der Waals surface area contributed by atoms with E-state index in [0.717, 1.165) is 5.46 Å². The molecule has 1 saturated heterocycles. The number of rotatable bonds is 3. The summed E-state index contributed by atoms with van der Waals surface area (Å²) in [6.45, 7) is 8.51. The molecule has 204 valence electrons. The first-order valence-electron chi connectivity index (χ1n) is 14.9. The molecular weight excluding hydrogens is 527 g/mol. The van der Waals surface area contributed by atoms with E-state index in [1.165, 1.54) is 53.4 Å². The monoisotopic (exact) mass is 560 g/mol. The molecule has 0 radical (unpaired) electrons. The van der Waals surface area contributed by atoms with E-state index < -0.39 is 26.4 Å². The SMILES string of the molecule is CC1(C)OB(c2ccc3c(c2)[Si](c2cccc4ccccc24)(c2cccc4ccccc24)c2ccccc2-3)OC1(C)C. The van der Waals surface area contributed by atoms with Crippen LogP contribution in [0.2, 0.25) is 0 Å². The van der Waals surface area contributed by atoms with E-state index in [2.05, 4.69) is 155 Å². The van der Waals surface area contributed by atoms with Crippen molar-refractivity contribution in [3.63, 3.8) is 0 Å². The van der Waals surface area contributed by atoms with Crippen LogP contribution in [0.1, 0.15) is 27.7 Å². The summed E-state index contributed by atoms with van der Waals surface area (Å²) >= 11 is 0. The third kappa shape index (κ3) is 3.46. The molecule has 0 saturated carbocycles. The maximum Gasteiger partial charge on any atom is 0.494 e. The fraction of sp³-hybridized carbons (Fsp3) is 0.158. The zero-order valence-electron chi connectivity index (χ0n) is 24.5. The Morgan fingerprint density at radius 3 is 1.57 bits per heavy atom. The van der Waals surface area contributed by atoms with Gasteiger partial charge in [0, 0.05) is 0 Å². The predicted molar refractivity (Wildman–Crippen MR) is 180 cm³/mol. The molecule has 2 aliphatic heterocycles. The standard InChI is InChI=1S/C38H33BO2Si/c1-37(2)38(3,4)41-39(40-37)28-23-24-32-31-19-9-10-20-35(31)42(36(32)25-28,33-21-11-15-26-13-5-7-17-29(26)33)34-22-12-16-27-14-6-8-18-30(27)34/h5-25H,1-4H3. The van der Waals surface area contributed by atoms with Crippen LogP contribution in [0.3, 0.4) is 0 Å². The van der Waals surface area contributed by atoms with Gasteiger partial charge in [-0.1, -0.05) is 127 Å². The fourth-order valence-corrected chi connectivity index (χ4v) is 12.9. The molecule has 8 rings (SSSR count). The van der Waals surface area contributed by atoms with Gasteiger partial charge >= 0.3 is 7.12 Å². The lowest BCUT2D eigenvalue weighted by Crippen LogP contribution is -2.73. The lowest BCUT2D eigenvalue weighted by molar-refractivity contribution is 0.00578. The normalized spacial score (nSPS) is 17.9. The topological polar surface area (TPSA) is 18.5 Å². The smallest absolute Gasteiger partial charge is 0.399 e. The van der Waals surface area contributed by atoms with Gasteiger partial charge < -0.3 is 9.31 Å². The van der Waals surface area contributed by atoms with Gasteiger partial charge in [0.15, 0.2) is 8.07 Å². The fourth-order valence-electron chi connectivity index (χ4n) is 7.25. The first-order chi connectivity index (χ1) is 20.3. The van der Waals surface area contributed by atoms with Crippen LogP contribution in [-0.4, -0.2) is 26.4 Å². The molecular formula is C38H33BO2Si. The maximum atomic E-state index is 6.60. The molecule has 1 fully saturated rings. The summed E-state index contributed by atoms with van der Waals surface area (Å²) in [5, 5.41) is 10.9. The van der Waals surface area contributed by atoms with Crippen molar-refractivity contribution >= 4 is 62.9 Å². The Morgan fingerprint density at radius 1 is 0.476 bits per heavy atom. The highest BCUT2D eigenvalue weighted by atomic mass is 28.3. The minimum absolute atomic E-state index is 0.403. The Bertz CT molecular complexity index is 1920. The van der Waals surface area contributed by atoms with Gasteiger partial charge in [-0.25, -0.2) is 0 Å². The largest absolute Gasteiger partial charge is 0.494 e. The molecule has 0 atom stereocenters. The van der Waals surface area contributed by atoms with Gasteiger partial charge in [-0.3, -0.25) is 0 Å². The molecule has 0 unspecified atom stereocenters. The maximum absolute atomic E-state index is 6.60. The van der Waals surface area contributed by atoms with Crippen molar-refractivity contribution in [2.75, 3.05) is 0 Å². The van der Waals surface area contributed by atoms with E-state index in [4.69, 9.17) is 9.31 Å². The van der Waals surface area contributed by atoms with Crippen LogP contribution in [0.25, 0.3) is 32.7 Å². The molecule has 0 N–H and O–H groups in total. The highest BCUT2D eigenvalue weighted by Crippen LogP contribution is 2.37. The Hall–Kier alpha value is -3.96. The summed E-state index contributed by atoms with van der Waals surface area (Å²) in [5.74, 6) is 0. The van der Waals surface area contributed by atoms with E-state index in [-0.39, 0.29) is 0 Å². The molecule has 0 aromatic heterocycles. The van der Waals surface area contributed by atoms with Crippen LogP contribution in [0.15, 0.2) is 127 Å². The molecule has 6 aromatic rings. The molecule has 6 aromatic carbocycles. The summed E-state index contributed by atoms with van der Waals surface area (Å²) in [6.07, 6.45) is 0. The van der Waals surface area contributed by atoms with Gasteiger partial charge in [-0.05, 0) is 86.6 Å². The minimum atomic E-state index is -2.82. The third-order valence-electron chi connectivity index (χ3n) is 9.98. The second-order valence-corrected chi connectivity index (χ2v) is 16.4. The first kappa shape index (κ1) is 25.7. The molecule has 0 bridgehead atoms. The van der Waals surface area contributed by atoms with Crippen LogP contribution in [0.4, 0.5) is 0 Å². The quantitative estimate of drug-likeness (QED) is 0.260. The molecule has 2 nitrogen and oxygen atoms in total. The summed E-state index contributed by atoms with van der Waals surface area (Å²) in [4.78, 5) is 0. The van der Waals surface area contributed by atoms with Crippen LogP contribution >= 0.6 is 0 Å². The average molecular weight is 561 g/mol. The Labute approximate surface area is 249 Å². The molecule has 0 spiro atoms. The molecule has 4 heteroatoms. The second-order valence-electron chi connectivity index (χ2n) is 12.7. The van der Waals surface area contributed by atoms with Crippen LogP contribution in [-0.2, 0) is 9.31 Å². The van der Waals surface area contributed by atoms with Crippen molar-refractivity contribution in [2.45, 2.75) is 38.9 Å². The Kier molecular flexibility index (Phi) is 5.52. The lowest BCUT2D eigenvalue weighted by atomic mass is 9.78. The van der Waals surface area contributed by atoms with E-state index in [0.29, 0.717) is 0 Å². The predicted octanol–water partition coefficient (Wildman–Crippen LogP) is 5.65. The zero-order chi connectivity index (χ0) is 28.7. The highest BCUT2D eigenvalue weighted by Gasteiger charge is 2.54. The van der Waals surface area contributed by atoms with Gasteiger partial charge in [0.25, 0.3) is 0 Å². The molecule has 2 heterocycles. The van der Waals surface area contributed by atoms with Crippen molar-refractivity contribution in [1.82, 2.24) is 0 Å². The number of hydrogen-bond donors (Lipinski definition) is 0. The zero-order valence-corrected chi connectivity index (χ0v) is 25.5. The van der Waals surface area contributed by atoms with Crippen molar-refractivity contribution in [2.24, 2.45) is 0 Å². The van der Waals surface area contributed by atoms with E-state index in [1.807, 2.05) is 0 Å². The Balaban J connectivity index is 1.51. The summed E-state index contributed by atoms with van der Waals surface area (Å²) < 4.78 is 13.2. The number of benzene rings is 6. The molecule has 42 heavy (non-hydrogen) atoms. The van der Waals surface area contributed by atoms with Gasteiger partial charge in [-0.2, -0.15) is 0 Å². The van der Waals surface area contributed by atoms with Crippen molar-refractivity contribution in [3.05, 3.63) is 127 Å². The average Bonchev–Trinajstić information content (AvgIpc) is 3.42. The van der Waals surface area contributed by atoms with E-state index in [9.17, 15) is 0 Å². The van der Waals surface area contributed by atoms with Gasteiger partial charge in [0.1, 0.15) is 0 Å². The van der Waals surface area contributed by atoms with E-state index in [1.54, 1.807) is 0 Å². The summed E-state index contributed by atoms with van der Waals surface area (Å²) in [5.41, 5.74) is 2.93. The molecule has 2 aliphatic rings. The first-order valence-corrected chi connectivity index (χ1v) is 16.9. The van der Waals surface area contributed by atoms with Crippen LogP contribution in [0, 0.1) is 0 Å². The van der Waals surface area contributed by atoms with Gasteiger partial charge in [0.2, 0.25) is 0 Å². The van der Waals surface area contributed by atoms with E-state index >= 15 is 0 Å². The summed E-state index contributed by atoms with van der Waals surface area (Å²) in [7, 11) is -3.24. The third-order valence-corrected chi connectivity index (χ3v) is 14.9. The number of fused-ring (bicyclic) bond motifs is 5. The van der Waals surface area contributed by atoms with Gasteiger partial charge in [-0.15, -0.1) is 0 Å². The number of hydrogen-bond acceptors (Lipinski definition) is 2.